The van der Waals surface area contributed by atoms with Crippen LogP contribution in [0, 0.1) is 27.7 Å². The summed E-state index contributed by atoms with van der Waals surface area (Å²) in [5, 5.41) is 5.97. The third kappa shape index (κ3) is 3.93. The van der Waals surface area contributed by atoms with Gasteiger partial charge in [0.15, 0.2) is 5.13 Å². The van der Waals surface area contributed by atoms with Crippen LogP contribution in [-0.4, -0.2) is 20.4 Å². The lowest BCUT2D eigenvalue weighted by atomic mass is 10.1. The third-order valence-corrected chi connectivity index (χ3v) is 7.16. The number of hydrogen-bond acceptors (Lipinski definition) is 6. The summed E-state index contributed by atoms with van der Waals surface area (Å²) in [6.45, 7) is 8.34. The number of nitrogens with zero attached hydrogens (tertiary/aromatic N) is 3. The molecular formula is C22H22N4O2S2. The van der Waals surface area contributed by atoms with Crippen LogP contribution in [0.2, 0.25) is 0 Å². The van der Waals surface area contributed by atoms with Crippen molar-refractivity contribution < 1.29 is 4.79 Å². The lowest BCUT2D eigenvalue weighted by molar-refractivity contribution is -0.116. The molecule has 0 atom stereocenters. The van der Waals surface area contributed by atoms with Gasteiger partial charge in [-0.1, -0.05) is 12.1 Å². The molecule has 4 rings (SSSR count). The first-order valence-corrected chi connectivity index (χ1v) is 11.3. The van der Waals surface area contributed by atoms with E-state index in [9.17, 15) is 9.59 Å². The van der Waals surface area contributed by atoms with Crippen molar-refractivity contribution in [2.75, 3.05) is 5.32 Å². The molecule has 6 nitrogen and oxygen atoms in total. The first-order chi connectivity index (χ1) is 14.3. The van der Waals surface area contributed by atoms with Gasteiger partial charge in [0.1, 0.15) is 4.83 Å². The number of fused-ring (bicyclic) bond motifs is 1. The highest BCUT2D eigenvalue weighted by atomic mass is 32.1. The molecule has 0 fully saturated rings. The summed E-state index contributed by atoms with van der Waals surface area (Å²) in [7, 11) is 0. The van der Waals surface area contributed by atoms with Gasteiger partial charge in [0.2, 0.25) is 5.91 Å². The molecule has 3 aromatic heterocycles. The molecule has 0 spiro atoms. The number of aromatic nitrogens is 3. The fourth-order valence-corrected chi connectivity index (χ4v) is 4.92. The van der Waals surface area contributed by atoms with Crippen LogP contribution in [0.15, 0.2) is 34.7 Å². The van der Waals surface area contributed by atoms with E-state index in [0.29, 0.717) is 10.5 Å². The number of carbonyl (C=O) groups is 1. The lowest BCUT2D eigenvalue weighted by Crippen LogP contribution is -2.23. The van der Waals surface area contributed by atoms with E-state index in [0.717, 1.165) is 26.5 Å². The molecule has 8 heteroatoms. The first kappa shape index (κ1) is 20.4. The molecule has 0 radical (unpaired) electrons. The molecule has 154 valence electrons. The van der Waals surface area contributed by atoms with Crippen LogP contribution in [0.25, 0.3) is 21.5 Å². The normalized spacial score (nSPS) is 11.2. The van der Waals surface area contributed by atoms with Gasteiger partial charge in [-0.3, -0.25) is 14.2 Å². The van der Waals surface area contributed by atoms with Gasteiger partial charge in [-0.05, 0) is 50.5 Å². The van der Waals surface area contributed by atoms with E-state index in [1.165, 1.54) is 44.7 Å². The van der Waals surface area contributed by atoms with Crippen LogP contribution in [0.4, 0.5) is 5.13 Å². The van der Waals surface area contributed by atoms with Crippen molar-refractivity contribution in [3.05, 3.63) is 61.8 Å². The van der Waals surface area contributed by atoms with E-state index < -0.39 is 0 Å². The van der Waals surface area contributed by atoms with Gasteiger partial charge >= 0.3 is 0 Å². The highest BCUT2D eigenvalue weighted by molar-refractivity contribution is 7.18. The highest BCUT2D eigenvalue weighted by Crippen LogP contribution is 2.27. The smallest absolute Gasteiger partial charge is 0.262 e. The zero-order chi connectivity index (χ0) is 21.4. The maximum atomic E-state index is 12.7. The molecule has 0 saturated carbocycles. The second kappa shape index (κ2) is 8.12. The molecule has 1 N–H and O–H groups in total. The monoisotopic (exact) mass is 438 g/mol. The molecule has 0 aliphatic heterocycles. The average molecular weight is 439 g/mol. The van der Waals surface area contributed by atoms with Gasteiger partial charge < -0.3 is 5.32 Å². The number of aryl methyl sites for hydroxylation is 5. The number of thiophene rings is 1. The topological polar surface area (TPSA) is 76.9 Å². The van der Waals surface area contributed by atoms with Crippen LogP contribution in [0.1, 0.15) is 28.0 Å². The molecule has 4 aromatic rings. The van der Waals surface area contributed by atoms with Crippen molar-refractivity contribution in [1.82, 2.24) is 14.5 Å². The van der Waals surface area contributed by atoms with Gasteiger partial charge in [0.05, 0.1) is 17.4 Å². The van der Waals surface area contributed by atoms with Crippen LogP contribution >= 0.6 is 22.7 Å². The molecule has 1 aromatic carbocycles. The maximum Gasteiger partial charge on any atom is 0.262 e. The Morgan fingerprint density at radius 2 is 1.97 bits per heavy atom. The van der Waals surface area contributed by atoms with E-state index in [1.807, 2.05) is 25.3 Å². The lowest BCUT2D eigenvalue weighted by Gasteiger charge is -2.06. The summed E-state index contributed by atoms with van der Waals surface area (Å²) in [4.78, 5) is 35.9. The molecule has 1 amide bonds. The van der Waals surface area contributed by atoms with Crippen molar-refractivity contribution in [3.63, 3.8) is 0 Å². The van der Waals surface area contributed by atoms with Crippen molar-refractivity contribution in [1.29, 1.82) is 0 Å². The van der Waals surface area contributed by atoms with Crippen molar-refractivity contribution in [2.24, 2.45) is 0 Å². The summed E-state index contributed by atoms with van der Waals surface area (Å²) in [5.41, 5.74) is 5.18. The Labute approximate surface area is 182 Å². The van der Waals surface area contributed by atoms with Gasteiger partial charge in [-0.25, -0.2) is 9.97 Å². The number of amides is 1. The summed E-state index contributed by atoms with van der Waals surface area (Å²) >= 11 is 2.91. The summed E-state index contributed by atoms with van der Waals surface area (Å²) in [6.07, 6.45) is 1.70. The number of thiazole rings is 1. The minimum atomic E-state index is -0.179. The first-order valence-electron chi connectivity index (χ1n) is 9.61. The third-order valence-electron chi connectivity index (χ3n) is 5.29. The predicted molar refractivity (Wildman–Crippen MR) is 124 cm³/mol. The zero-order valence-corrected chi connectivity index (χ0v) is 18.9. The zero-order valence-electron chi connectivity index (χ0n) is 17.3. The van der Waals surface area contributed by atoms with E-state index >= 15 is 0 Å². The molecular weight excluding hydrogens is 416 g/mol. The minimum Gasteiger partial charge on any atom is -0.302 e. The Morgan fingerprint density at radius 1 is 1.17 bits per heavy atom. The number of nitrogens with one attached hydrogen (secondary N) is 1. The van der Waals surface area contributed by atoms with Gasteiger partial charge in [0.25, 0.3) is 5.56 Å². The second-order valence-electron chi connectivity index (χ2n) is 7.34. The molecule has 30 heavy (non-hydrogen) atoms. The molecule has 0 bridgehead atoms. The summed E-state index contributed by atoms with van der Waals surface area (Å²) in [5.74, 6) is -0.179. The van der Waals surface area contributed by atoms with Crippen molar-refractivity contribution >= 4 is 43.9 Å². The predicted octanol–water partition coefficient (Wildman–Crippen LogP) is 4.84. The number of anilines is 1. The Balaban J connectivity index is 1.43. The Morgan fingerprint density at radius 3 is 2.73 bits per heavy atom. The SMILES string of the molecule is Cc1ccc(-c2csc(NC(=O)CCn3cnc4sc(C)c(C)c4c3=O)n2)cc1C. The highest BCUT2D eigenvalue weighted by Gasteiger charge is 2.13. The average Bonchev–Trinajstić information content (AvgIpc) is 3.28. The Hall–Kier alpha value is -2.84. The summed E-state index contributed by atoms with van der Waals surface area (Å²) < 4.78 is 1.50. The fourth-order valence-electron chi connectivity index (χ4n) is 3.20. The van der Waals surface area contributed by atoms with E-state index in [4.69, 9.17) is 0 Å². The van der Waals surface area contributed by atoms with Crippen molar-refractivity contribution in [2.45, 2.75) is 40.7 Å². The number of carbonyl (C=O) groups excluding carboxylic acids is 1. The maximum absolute atomic E-state index is 12.7. The summed E-state index contributed by atoms with van der Waals surface area (Å²) in [6, 6.07) is 6.20. The Bertz CT molecular complexity index is 1320. The number of rotatable bonds is 5. The number of hydrogen-bond donors (Lipinski definition) is 1. The molecule has 0 aliphatic carbocycles. The fraction of sp³-hybridized carbons (Fsp3) is 0.273. The quantitative estimate of drug-likeness (QED) is 0.483. The molecule has 0 saturated heterocycles. The Kier molecular flexibility index (Phi) is 5.53. The second-order valence-corrected chi connectivity index (χ2v) is 9.40. The number of benzene rings is 1. The van der Waals surface area contributed by atoms with Gasteiger partial charge in [-0.2, -0.15) is 0 Å². The van der Waals surface area contributed by atoms with Gasteiger partial charge in [0, 0.05) is 28.8 Å². The van der Waals surface area contributed by atoms with Gasteiger partial charge in [-0.15, -0.1) is 22.7 Å². The van der Waals surface area contributed by atoms with Crippen LogP contribution in [-0.2, 0) is 11.3 Å². The molecule has 0 aliphatic rings. The molecule has 0 unspecified atom stereocenters. The largest absolute Gasteiger partial charge is 0.302 e. The van der Waals surface area contributed by atoms with Crippen molar-refractivity contribution in [3.8, 4) is 11.3 Å². The van der Waals surface area contributed by atoms with Crippen LogP contribution in [0.5, 0.6) is 0 Å². The molecule has 3 heterocycles. The standard InChI is InChI=1S/C22H22N4O2S2/c1-12-5-6-16(9-13(12)2)17-10-29-22(24-17)25-18(27)7-8-26-11-23-20-19(21(26)28)14(3)15(4)30-20/h5-6,9-11H,7-8H2,1-4H3,(H,24,25,27). The van der Waals surface area contributed by atoms with E-state index in [2.05, 4.69) is 41.3 Å². The van der Waals surface area contributed by atoms with Crippen LogP contribution in [0.3, 0.4) is 0 Å². The van der Waals surface area contributed by atoms with Crippen LogP contribution < -0.4 is 10.9 Å². The van der Waals surface area contributed by atoms with E-state index in [-0.39, 0.29) is 24.4 Å². The minimum absolute atomic E-state index is 0.0964. The van der Waals surface area contributed by atoms with E-state index in [1.54, 1.807) is 0 Å².